The fourth-order valence-corrected chi connectivity index (χ4v) is 3.21. The molecule has 0 radical (unpaired) electrons. The molecule has 118 valence electrons. The van der Waals surface area contributed by atoms with Crippen molar-refractivity contribution < 1.29 is 26.2 Å². The Morgan fingerprint density at radius 1 is 0.909 bits per heavy atom. The largest absolute Gasteiger partial charge is 0.416 e. The SMILES string of the molecule is O=S(Cc1ccc(F)c(F)c1)Cc1ccccc1C(F)(F)F. The Morgan fingerprint density at radius 3 is 2.23 bits per heavy atom. The van der Waals surface area contributed by atoms with Crippen LogP contribution in [-0.2, 0) is 28.5 Å². The molecule has 0 spiro atoms. The zero-order valence-corrected chi connectivity index (χ0v) is 12.0. The van der Waals surface area contributed by atoms with Crippen molar-refractivity contribution in [2.75, 3.05) is 0 Å². The van der Waals surface area contributed by atoms with Gasteiger partial charge < -0.3 is 0 Å². The highest BCUT2D eigenvalue weighted by Gasteiger charge is 2.33. The Bertz CT molecular complexity index is 697. The van der Waals surface area contributed by atoms with Gasteiger partial charge in [-0.2, -0.15) is 13.2 Å². The summed E-state index contributed by atoms with van der Waals surface area (Å²) in [5.74, 6) is -2.57. The summed E-state index contributed by atoms with van der Waals surface area (Å²) in [5, 5.41) is 0. The summed E-state index contributed by atoms with van der Waals surface area (Å²) in [5.41, 5.74) is -0.661. The van der Waals surface area contributed by atoms with E-state index in [0.29, 0.717) is 0 Å². The Kier molecular flexibility index (Phi) is 4.95. The van der Waals surface area contributed by atoms with Crippen LogP contribution in [0.3, 0.4) is 0 Å². The summed E-state index contributed by atoms with van der Waals surface area (Å²) in [7, 11) is -1.67. The van der Waals surface area contributed by atoms with Gasteiger partial charge in [0.1, 0.15) is 0 Å². The molecule has 2 rings (SSSR count). The van der Waals surface area contributed by atoms with E-state index < -0.39 is 34.2 Å². The quantitative estimate of drug-likeness (QED) is 0.756. The minimum absolute atomic E-state index is 0.0871. The lowest BCUT2D eigenvalue weighted by molar-refractivity contribution is -0.138. The summed E-state index contributed by atoms with van der Waals surface area (Å²) < 4.78 is 76.3. The van der Waals surface area contributed by atoms with Gasteiger partial charge in [0.15, 0.2) is 11.6 Å². The van der Waals surface area contributed by atoms with E-state index in [9.17, 15) is 26.2 Å². The first kappa shape index (κ1) is 16.6. The number of halogens is 5. The maximum Gasteiger partial charge on any atom is 0.416 e. The highest BCUT2D eigenvalue weighted by Crippen LogP contribution is 2.32. The van der Waals surface area contributed by atoms with Gasteiger partial charge in [0.25, 0.3) is 0 Å². The Labute approximate surface area is 126 Å². The maximum absolute atomic E-state index is 13.1. The molecule has 0 amide bonds. The third kappa shape index (κ3) is 4.13. The number of benzene rings is 2. The van der Waals surface area contributed by atoms with Crippen molar-refractivity contribution in [3.63, 3.8) is 0 Å². The summed E-state index contributed by atoms with van der Waals surface area (Å²) in [6.07, 6.45) is -4.53. The predicted octanol–water partition coefficient (Wildman–Crippen LogP) is 4.43. The first-order valence-corrected chi connectivity index (χ1v) is 7.70. The molecule has 0 aliphatic heterocycles. The van der Waals surface area contributed by atoms with Crippen molar-refractivity contribution >= 4 is 10.8 Å². The minimum Gasteiger partial charge on any atom is -0.259 e. The van der Waals surface area contributed by atoms with Crippen LogP contribution in [0, 0.1) is 11.6 Å². The molecule has 1 atom stereocenters. The van der Waals surface area contributed by atoms with Gasteiger partial charge in [-0.25, -0.2) is 8.78 Å². The van der Waals surface area contributed by atoms with Gasteiger partial charge in [-0.3, -0.25) is 4.21 Å². The van der Waals surface area contributed by atoms with Gasteiger partial charge in [0.2, 0.25) is 0 Å². The van der Waals surface area contributed by atoms with Gasteiger partial charge >= 0.3 is 6.18 Å². The van der Waals surface area contributed by atoms with Crippen LogP contribution >= 0.6 is 0 Å². The molecule has 0 N–H and O–H groups in total. The van der Waals surface area contributed by atoms with Gasteiger partial charge in [0, 0.05) is 22.3 Å². The van der Waals surface area contributed by atoms with Crippen molar-refractivity contribution in [1.82, 2.24) is 0 Å². The summed E-state index contributed by atoms with van der Waals surface area (Å²) in [4.78, 5) is 0. The fourth-order valence-electron chi connectivity index (χ4n) is 1.96. The van der Waals surface area contributed by atoms with Crippen LogP contribution in [0.25, 0.3) is 0 Å². The topological polar surface area (TPSA) is 17.1 Å². The Balaban J connectivity index is 2.14. The highest BCUT2D eigenvalue weighted by atomic mass is 32.2. The van der Waals surface area contributed by atoms with E-state index in [0.717, 1.165) is 18.2 Å². The molecule has 0 aliphatic rings. The third-order valence-electron chi connectivity index (χ3n) is 2.95. The maximum atomic E-state index is 13.1. The lowest BCUT2D eigenvalue weighted by Gasteiger charge is -2.12. The Hall–Kier alpha value is -1.76. The number of rotatable bonds is 4. The molecule has 1 nitrogen and oxygen atoms in total. The van der Waals surface area contributed by atoms with E-state index in [2.05, 4.69) is 0 Å². The zero-order valence-electron chi connectivity index (χ0n) is 11.2. The predicted molar refractivity (Wildman–Crippen MR) is 73.4 cm³/mol. The normalized spacial score (nSPS) is 13.1. The molecular weight excluding hydrogens is 323 g/mol. The van der Waals surface area contributed by atoms with E-state index in [1.54, 1.807) is 0 Å². The molecule has 7 heteroatoms. The van der Waals surface area contributed by atoms with Crippen LogP contribution in [0.15, 0.2) is 42.5 Å². The summed E-state index contributed by atoms with van der Waals surface area (Å²) in [6.45, 7) is 0. The van der Waals surface area contributed by atoms with Crippen molar-refractivity contribution in [1.29, 1.82) is 0 Å². The van der Waals surface area contributed by atoms with Crippen LogP contribution in [0.2, 0.25) is 0 Å². The smallest absolute Gasteiger partial charge is 0.259 e. The van der Waals surface area contributed by atoms with Gasteiger partial charge in [0.05, 0.1) is 5.56 Å². The van der Waals surface area contributed by atoms with Gasteiger partial charge in [-0.15, -0.1) is 0 Å². The molecule has 2 aromatic carbocycles. The van der Waals surface area contributed by atoms with Crippen molar-refractivity contribution in [2.45, 2.75) is 17.7 Å². The number of hydrogen-bond acceptors (Lipinski definition) is 1. The molecule has 0 aliphatic carbocycles. The molecule has 0 fully saturated rings. The van der Waals surface area contributed by atoms with Gasteiger partial charge in [-0.1, -0.05) is 24.3 Å². The van der Waals surface area contributed by atoms with Crippen LogP contribution in [0.1, 0.15) is 16.7 Å². The summed E-state index contributed by atoms with van der Waals surface area (Å²) in [6, 6.07) is 7.90. The van der Waals surface area contributed by atoms with Crippen molar-refractivity contribution in [2.24, 2.45) is 0 Å². The molecule has 22 heavy (non-hydrogen) atoms. The molecule has 0 saturated heterocycles. The minimum atomic E-state index is -4.53. The lowest BCUT2D eigenvalue weighted by atomic mass is 10.1. The number of alkyl halides is 3. The Morgan fingerprint density at radius 2 is 1.59 bits per heavy atom. The van der Waals surface area contributed by atoms with E-state index in [4.69, 9.17) is 0 Å². The van der Waals surface area contributed by atoms with Crippen LogP contribution in [0.4, 0.5) is 22.0 Å². The summed E-state index contributed by atoms with van der Waals surface area (Å²) >= 11 is 0. The van der Waals surface area contributed by atoms with Crippen molar-refractivity contribution in [3.8, 4) is 0 Å². The molecule has 0 heterocycles. The van der Waals surface area contributed by atoms with Crippen LogP contribution in [-0.4, -0.2) is 4.21 Å². The zero-order chi connectivity index (χ0) is 16.3. The second-order valence-electron chi connectivity index (χ2n) is 4.63. The fraction of sp³-hybridized carbons (Fsp3) is 0.200. The first-order valence-electron chi connectivity index (χ1n) is 6.21. The molecule has 0 bridgehead atoms. The standard InChI is InChI=1S/C15H11F5OS/c16-13-6-5-10(7-14(13)17)8-22(21)9-11-3-1-2-4-12(11)15(18,19)20/h1-7H,8-9H2. The van der Waals surface area contributed by atoms with E-state index in [1.807, 2.05) is 0 Å². The lowest BCUT2D eigenvalue weighted by Crippen LogP contribution is -2.11. The molecular formula is C15H11F5OS. The van der Waals surface area contributed by atoms with E-state index in [-0.39, 0.29) is 22.6 Å². The number of hydrogen-bond donors (Lipinski definition) is 0. The molecule has 0 aromatic heterocycles. The average molecular weight is 334 g/mol. The molecule has 0 saturated carbocycles. The van der Waals surface area contributed by atoms with E-state index in [1.165, 1.54) is 24.3 Å². The third-order valence-corrected chi connectivity index (χ3v) is 4.24. The molecule has 1 unspecified atom stereocenters. The monoisotopic (exact) mass is 334 g/mol. The highest BCUT2D eigenvalue weighted by molar-refractivity contribution is 7.83. The second kappa shape index (κ2) is 6.56. The first-order chi connectivity index (χ1) is 10.3. The second-order valence-corrected chi connectivity index (χ2v) is 6.09. The molecule has 2 aromatic rings. The van der Waals surface area contributed by atoms with Crippen LogP contribution < -0.4 is 0 Å². The van der Waals surface area contributed by atoms with Gasteiger partial charge in [-0.05, 0) is 29.3 Å². The average Bonchev–Trinajstić information content (AvgIpc) is 2.42. The van der Waals surface area contributed by atoms with Crippen LogP contribution in [0.5, 0.6) is 0 Å². The van der Waals surface area contributed by atoms with Crippen molar-refractivity contribution in [3.05, 3.63) is 70.8 Å². The van der Waals surface area contributed by atoms with E-state index >= 15 is 0 Å².